The predicted molar refractivity (Wildman–Crippen MR) is 134 cm³/mol. The number of carbonyl (C=O) groups is 2. The topological polar surface area (TPSA) is 93.2 Å². The number of carbonyl (C=O) groups excluding carboxylic acids is 2. The van der Waals surface area contributed by atoms with Crippen molar-refractivity contribution in [3.05, 3.63) is 101 Å². The van der Waals surface area contributed by atoms with Crippen molar-refractivity contribution in [2.24, 2.45) is 0 Å². The van der Waals surface area contributed by atoms with Gasteiger partial charge < -0.3 is 5.32 Å². The lowest BCUT2D eigenvalue weighted by atomic mass is 10.1. The van der Waals surface area contributed by atoms with Crippen LogP contribution in [0.3, 0.4) is 0 Å². The van der Waals surface area contributed by atoms with E-state index in [2.05, 4.69) is 10.3 Å². The van der Waals surface area contributed by atoms with E-state index < -0.39 is 9.84 Å². The predicted octanol–water partition coefficient (Wildman–Crippen LogP) is 5.02. The standard InChI is InChI=1S/C26H22N2O4S2/c1-2-34(31,32)21-15-9-10-18(16-21)17-22(29)27-26-28-23(19-11-5-3-6-12-19)25(33-26)24(30)20-13-7-4-8-14-20/h3-16H,2,17H2,1H3,(H,27,28,29). The van der Waals surface area contributed by atoms with Crippen LogP contribution in [0.4, 0.5) is 5.13 Å². The fraction of sp³-hybridized carbons (Fsp3) is 0.115. The molecule has 0 radical (unpaired) electrons. The maximum absolute atomic E-state index is 13.2. The second kappa shape index (κ2) is 10.1. The summed E-state index contributed by atoms with van der Waals surface area (Å²) in [5.41, 5.74) is 2.39. The summed E-state index contributed by atoms with van der Waals surface area (Å²) in [6.45, 7) is 1.58. The molecule has 0 saturated carbocycles. The van der Waals surface area contributed by atoms with Gasteiger partial charge in [-0.1, -0.05) is 91.1 Å². The molecule has 4 aromatic rings. The summed E-state index contributed by atoms with van der Waals surface area (Å²) in [5, 5.41) is 3.07. The third-order valence-electron chi connectivity index (χ3n) is 5.17. The van der Waals surface area contributed by atoms with Gasteiger partial charge in [0.15, 0.2) is 15.0 Å². The highest BCUT2D eigenvalue weighted by Crippen LogP contribution is 2.33. The molecule has 34 heavy (non-hydrogen) atoms. The molecule has 0 aliphatic carbocycles. The Hall–Kier alpha value is -3.62. The van der Waals surface area contributed by atoms with Crippen LogP contribution in [0, 0.1) is 0 Å². The zero-order chi connectivity index (χ0) is 24.1. The average molecular weight is 491 g/mol. The zero-order valence-electron chi connectivity index (χ0n) is 18.4. The molecule has 172 valence electrons. The van der Waals surface area contributed by atoms with E-state index in [1.165, 1.54) is 12.1 Å². The lowest BCUT2D eigenvalue weighted by Crippen LogP contribution is -2.14. The van der Waals surface area contributed by atoms with Crippen LogP contribution in [0.25, 0.3) is 11.3 Å². The molecule has 0 fully saturated rings. The van der Waals surface area contributed by atoms with E-state index in [1.54, 1.807) is 43.3 Å². The first-order valence-electron chi connectivity index (χ1n) is 10.6. The monoisotopic (exact) mass is 490 g/mol. The van der Waals surface area contributed by atoms with E-state index in [1.807, 2.05) is 36.4 Å². The molecule has 0 atom stereocenters. The van der Waals surface area contributed by atoms with Gasteiger partial charge in [0.05, 0.1) is 22.8 Å². The second-order valence-corrected chi connectivity index (χ2v) is 10.8. The molecular weight excluding hydrogens is 468 g/mol. The van der Waals surface area contributed by atoms with Crippen molar-refractivity contribution < 1.29 is 18.0 Å². The minimum atomic E-state index is -3.36. The van der Waals surface area contributed by atoms with E-state index in [0.717, 1.165) is 16.9 Å². The number of ketones is 1. The fourth-order valence-electron chi connectivity index (χ4n) is 3.40. The molecule has 1 heterocycles. The molecule has 6 nitrogen and oxygen atoms in total. The summed E-state index contributed by atoms with van der Waals surface area (Å²) in [5.74, 6) is -0.532. The Balaban J connectivity index is 1.60. The Bertz CT molecular complexity index is 1430. The number of thiazole rings is 1. The van der Waals surface area contributed by atoms with Crippen LogP contribution in [0.5, 0.6) is 0 Å². The number of benzene rings is 3. The molecule has 3 aromatic carbocycles. The van der Waals surface area contributed by atoms with Gasteiger partial charge in [0.1, 0.15) is 4.88 Å². The summed E-state index contributed by atoms with van der Waals surface area (Å²) in [6.07, 6.45) is -0.0186. The summed E-state index contributed by atoms with van der Waals surface area (Å²) in [6, 6.07) is 24.6. The van der Waals surface area contributed by atoms with Gasteiger partial charge in [-0.05, 0) is 17.7 Å². The highest BCUT2D eigenvalue weighted by atomic mass is 32.2. The minimum absolute atomic E-state index is 0.0117. The number of hydrogen-bond donors (Lipinski definition) is 1. The number of aromatic nitrogens is 1. The first kappa shape index (κ1) is 23.5. The van der Waals surface area contributed by atoms with Crippen LogP contribution >= 0.6 is 11.3 Å². The van der Waals surface area contributed by atoms with Gasteiger partial charge in [-0.25, -0.2) is 13.4 Å². The number of amides is 1. The molecule has 0 spiro atoms. The van der Waals surface area contributed by atoms with Crippen molar-refractivity contribution in [1.29, 1.82) is 0 Å². The van der Waals surface area contributed by atoms with Gasteiger partial charge in [-0.15, -0.1) is 0 Å². The van der Waals surface area contributed by atoms with Crippen LogP contribution < -0.4 is 5.32 Å². The van der Waals surface area contributed by atoms with E-state index >= 15 is 0 Å². The maximum atomic E-state index is 13.2. The Kier molecular flexibility index (Phi) is 7.00. The molecule has 1 aromatic heterocycles. The van der Waals surface area contributed by atoms with Crippen LogP contribution in [0.2, 0.25) is 0 Å². The van der Waals surface area contributed by atoms with Gasteiger partial charge in [-0.2, -0.15) is 0 Å². The first-order valence-corrected chi connectivity index (χ1v) is 13.1. The van der Waals surface area contributed by atoms with E-state index in [-0.39, 0.29) is 28.8 Å². The van der Waals surface area contributed by atoms with Crippen LogP contribution in [0.15, 0.2) is 89.8 Å². The van der Waals surface area contributed by atoms with Gasteiger partial charge >= 0.3 is 0 Å². The molecule has 1 N–H and O–H groups in total. The largest absolute Gasteiger partial charge is 0.302 e. The summed E-state index contributed by atoms with van der Waals surface area (Å²) >= 11 is 1.12. The van der Waals surface area contributed by atoms with E-state index in [4.69, 9.17) is 0 Å². The third-order valence-corrected chi connectivity index (χ3v) is 7.87. The molecule has 0 saturated heterocycles. The lowest BCUT2D eigenvalue weighted by molar-refractivity contribution is -0.115. The molecule has 0 unspecified atom stereocenters. The third kappa shape index (κ3) is 5.30. The number of sulfone groups is 1. The fourth-order valence-corrected chi connectivity index (χ4v) is 5.32. The lowest BCUT2D eigenvalue weighted by Gasteiger charge is -2.05. The maximum Gasteiger partial charge on any atom is 0.230 e. The molecule has 0 bridgehead atoms. The molecule has 8 heteroatoms. The average Bonchev–Trinajstić information content (AvgIpc) is 3.28. The number of anilines is 1. The number of nitrogens with zero attached hydrogens (tertiary/aromatic N) is 1. The Labute approximate surface area is 202 Å². The Morgan fingerprint density at radius 2 is 1.59 bits per heavy atom. The number of rotatable bonds is 8. The molecule has 4 rings (SSSR count). The van der Waals surface area contributed by atoms with Crippen LogP contribution in [0.1, 0.15) is 27.7 Å². The summed E-state index contributed by atoms with van der Waals surface area (Å²) in [4.78, 5) is 31.1. The van der Waals surface area contributed by atoms with Crippen LogP contribution in [-0.2, 0) is 21.1 Å². The zero-order valence-corrected chi connectivity index (χ0v) is 20.0. The number of nitrogens with one attached hydrogen (secondary N) is 1. The van der Waals surface area contributed by atoms with E-state index in [9.17, 15) is 18.0 Å². The van der Waals surface area contributed by atoms with Crippen molar-refractivity contribution in [1.82, 2.24) is 4.98 Å². The second-order valence-electron chi connectivity index (χ2n) is 7.53. The highest BCUT2D eigenvalue weighted by Gasteiger charge is 2.22. The van der Waals surface area contributed by atoms with Crippen molar-refractivity contribution in [3.8, 4) is 11.3 Å². The van der Waals surface area contributed by atoms with Crippen molar-refractivity contribution >= 4 is 38.0 Å². The van der Waals surface area contributed by atoms with Gasteiger partial charge in [-0.3, -0.25) is 9.59 Å². The summed E-state index contributed by atoms with van der Waals surface area (Å²) in [7, 11) is -3.36. The van der Waals surface area contributed by atoms with Crippen LogP contribution in [-0.4, -0.2) is 30.8 Å². The van der Waals surface area contributed by atoms with Gasteiger partial charge in [0.2, 0.25) is 11.7 Å². The van der Waals surface area contributed by atoms with Crippen molar-refractivity contribution in [2.75, 3.05) is 11.1 Å². The number of hydrogen-bond acceptors (Lipinski definition) is 6. The van der Waals surface area contributed by atoms with Gasteiger partial charge in [0, 0.05) is 11.1 Å². The van der Waals surface area contributed by atoms with E-state index in [0.29, 0.717) is 26.8 Å². The highest BCUT2D eigenvalue weighted by molar-refractivity contribution is 7.91. The molecule has 0 aliphatic heterocycles. The smallest absolute Gasteiger partial charge is 0.230 e. The van der Waals surface area contributed by atoms with Gasteiger partial charge in [0.25, 0.3) is 0 Å². The normalized spacial score (nSPS) is 11.2. The molecular formula is C26H22N2O4S2. The Morgan fingerprint density at radius 3 is 2.26 bits per heavy atom. The minimum Gasteiger partial charge on any atom is -0.302 e. The SMILES string of the molecule is CCS(=O)(=O)c1cccc(CC(=O)Nc2nc(-c3ccccc3)c(C(=O)c3ccccc3)s2)c1. The molecule has 0 aliphatic rings. The first-order chi connectivity index (χ1) is 16.4. The molecule has 1 amide bonds. The summed E-state index contributed by atoms with van der Waals surface area (Å²) < 4.78 is 24.3. The Morgan fingerprint density at radius 1 is 0.912 bits per heavy atom. The quantitative estimate of drug-likeness (QED) is 0.350. The van der Waals surface area contributed by atoms with Crippen molar-refractivity contribution in [2.45, 2.75) is 18.2 Å². The van der Waals surface area contributed by atoms with Crippen molar-refractivity contribution in [3.63, 3.8) is 0 Å².